The predicted molar refractivity (Wildman–Crippen MR) is 59.6 cm³/mol. The van der Waals surface area contributed by atoms with E-state index < -0.39 is 17.2 Å². The molecule has 0 unspecified atom stereocenters. The lowest BCUT2D eigenvalue weighted by Crippen LogP contribution is -2.55. The van der Waals surface area contributed by atoms with E-state index in [4.69, 9.17) is 15.7 Å². The van der Waals surface area contributed by atoms with Crippen molar-refractivity contribution in [1.29, 1.82) is 5.26 Å². The lowest BCUT2D eigenvalue weighted by Gasteiger charge is -2.36. The Morgan fingerprint density at radius 2 is 2.19 bits per heavy atom. The Bertz CT molecular complexity index is 316. The minimum atomic E-state index is -0.921. The van der Waals surface area contributed by atoms with E-state index in [0.29, 0.717) is 13.0 Å². The largest absolute Gasteiger partial charge is 0.444 e. The van der Waals surface area contributed by atoms with Crippen LogP contribution in [0.1, 0.15) is 33.6 Å². The van der Waals surface area contributed by atoms with Crippen molar-refractivity contribution in [2.75, 3.05) is 13.1 Å². The van der Waals surface area contributed by atoms with Crippen LogP contribution >= 0.6 is 0 Å². The first-order valence-electron chi connectivity index (χ1n) is 5.44. The molecule has 5 heteroatoms. The molecule has 0 aromatic heterocycles. The second-order valence-electron chi connectivity index (χ2n) is 5.27. The molecule has 1 fully saturated rings. The van der Waals surface area contributed by atoms with Crippen LogP contribution in [0.15, 0.2) is 0 Å². The number of piperidine rings is 1. The standard InChI is InChI=1S/C11H19N3O2/c1-10(2,3)16-9(15)14-6-4-5-11(13,7-12)8-14/h4-6,8,13H2,1-3H3/t11-/m0/s1. The molecule has 0 bridgehead atoms. The molecule has 1 atom stereocenters. The van der Waals surface area contributed by atoms with Crippen LogP contribution in [0.5, 0.6) is 0 Å². The van der Waals surface area contributed by atoms with Crippen LogP contribution in [-0.4, -0.2) is 35.2 Å². The number of nitrogens with two attached hydrogens (primary N) is 1. The van der Waals surface area contributed by atoms with Crippen LogP contribution in [-0.2, 0) is 4.74 Å². The summed E-state index contributed by atoms with van der Waals surface area (Å²) >= 11 is 0. The predicted octanol–water partition coefficient (Wildman–Crippen LogP) is 1.24. The minimum Gasteiger partial charge on any atom is -0.444 e. The van der Waals surface area contributed by atoms with Gasteiger partial charge in [0.05, 0.1) is 12.6 Å². The van der Waals surface area contributed by atoms with E-state index in [1.165, 1.54) is 4.90 Å². The smallest absolute Gasteiger partial charge is 0.410 e. The molecule has 0 aromatic rings. The molecule has 1 rings (SSSR count). The number of rotatable bonds is 0. The minimum absolute atomic E-state index is 0.248. The molecule has 0 aromatic carbocycles. The van der Waals surface area contributed by atoms with Gasteiger partial charge in [-0.2, -0.15) is 5.26 Å². The quantitative estimate of drug-likeness (QED) is 0.672. The van der Waals surface area contributed by atoms with Crippen molar-refractivity contribution in [3.63, 3.8) is 0 Å². The molecule has 0 aliphatic carbocycles. The van der Waals surface area contributed by atoms with Crippen LogP contribution in [0.25, 0.3) is 0 Å². The summed E-state index contributed by atoms with van der Waals surface area (Å²) in [4.78, 5) is 13.3. The van der Waals surface area contributed by atoms with Crippen molar-refractivity contribution in [1.82, 2.24) is 4.90 Å². The fourth-order valence-corrected chi connectivity index (χ4v) is 1.66. The summed E-state index contributed by atoms with van der Waals surface area (Å²) in [5, 5.41) is 8.93. The Morgan fingerprint density at radius 1 is 1.56 bits per heavy atom. The number of nitrogens with zero attached hydrogens (tertiary/aromatic N) is 2. The normalized spacial score (nSPS) is 26.1. The molecule has 0 radical (unpaired) electrons. The first-order chi connectivity index (χ1) is 7.26. The maximum atomic E-state index is 11.8. The van der Waals surface area contributed by atoms with Gasteiger partial charge in [0.1, 0.15) is 11.1 Å². The summed E-state index contributed by atoms with van der Waals surface area (Å²) in [6.45, 7) is 6.30. The molecule has 0 saturated carbocycles. The second kappa shape index (κ2) is 4.30. The van der Waals surface area contributed by atoms with Crippen molar-refractivity contribution in [2.45, 2.75) is 44.8 Å². The van der Waals surface area contributed by atoms with E-state index in [0.717, 1.165) is 6.42 Å². The molecule has 16 heavy (non-hydrogen) atoms. The zero-order valence-electron chi connectivity index (χ0n) is 10.1. The topological polar surface area (TPSA) is 79.3 Å². The van der Waals surface area contributed by atoms with E-state index >= 15 is 0 Å². The third-order valence-corrected chi connectivity index (χ3v) is 2.40. The number of carbonyl (C=O) groups excluding carboxylic acids is 1. The van der Waals surface area contributed by atoms with E-state index in [2.05, 4.69) is 6.07 Å². The molecule has 1 aliphatic heterocycles. The van der Waals surface area contributed by atoms with Gasteiger partial charge in [-0.05, 0) is 33.6 Å². The first-order valence-corrected chi connectivity index (χ1v) is 5.44. The maximum Gasteiger partial charge on any atom is 0.410 e. The third-order valence-electron chi connectivity index (χ3n) is 2.40. The zero-order valence-corrected chi connectivity index (χ0v) is 10.1. The van der Waals surface area contributed by atoms with Gasteiger partial charge in [-0.1, -0.05) is 0 Å². The Morgan fingerprint density at radius 3 is 2.69 bits per heavy atom. The van der Waals surface area contributed by atoms with E-state index in [1.54, 1.807) is 0 Å². The van der Waals surface area contributed by atoms with Crippen LogP contribution in [0.4, 0.5) is 4.79 Å². The first kappa shape index (κ1) is 12.8. The number of nitriles is 1. The van der Waals surface area contributed by atoms with E-state index in [-0.39, 0.29) is 6.54 Å². The molecule has 0 spiro atoms. The van der Waals surface area contributed by atoms with Gasteiger partial charge >= 0.3 is 6.09 Å². The molecule has 90 valence electrons. The highest BCUT2D eigenvalue weighted by atomic mass is 16.6. The number of likely N-dealkylation sites (tertiary alicyclic amines) is 1. The molecular formula is C11H19N3O2. The van der Waals surface area contributed by atoms with Crippen LogP contribution in [0.2, 0.25) is 0 Å². The number of hydrogen-bond donors (Lipinski definition) is 1. The summed E-state index contributed by atoms with van der Waals surface area (Å²) in [7, 11) is 0. The molecular weight excluding hydrogens is 206 g/mol. The monoisotopic (exact) mass is 225 g/mol. The molecule has 2 N–H and O–H groups in total. The lowest BCUT2D eigenvalue weighted by molar-refractivity contribution is 0.0172. The number of hydrogen-bond acceptors (Lipinski definition) is 4. The van der Waals surface area contributed by atoms with Gasteiger partial charge in [0.2, 0.25) is 0 Å². The van der Waals surface area contributed by atoms with E-state index in [9.17, 15) is 4.79 Å². The third kappa shape index (κ3) is 3.38. The Hall–Kier alpha value is -1.28. The SMILES string of the molecule is CC(C)(C)OC(=O)N1CCC[C@](N)(C#N)C1. The molecule has 1 saturated heterocycles. The highest BCUT2D eigenvalue weighted by Gasteiger charge is 2.35. The Labute approximate surface area is 96.2 Å². The van der Waals surface area contributed by atoms with Gasteiger partial charge in [-0.25, -0.2) is 4.79 Å². The van der Waals surface area contributed by atoms with Gasteiger partial charge in [-0.15, -0.1) is 0 Å². The highest BCUT2D eigenvalue weighted by molar-refractivity contribution is 5.68. The van der Waals surface area contributed by atoms with Crippen LogP contribution in [0.3, 0.4) is 0 Å². The van der Waals surface area contributed by atoms with Crippen molar-refractivity contribution >= 4 is 6.09 Å². The zero-order chi connectivity index (χ0) is 12.4. The number of amides is 1. The number of ether oxygens (including phenoxy) is 1. The van der Waals surface area contributed by atoms with E-state index in [1.807, 2.05) is 20.8 Å². The Balaban J connectivity index is 2.62. The molecule has 5 nitrogen and oxygen atoms in total. The van der Waals surface area contributed by atoms with Crippen molar-refractivity contribution in [3.05, 3.63) is 0 Å². The fraction of sp³-hybridized carbons (Fsp3) is 0.818. The van der Waals surface area contributed by atoms with Crippen molar-refractivity contribution in [3.8, 4) is 6.07 Å². The summed E-state index contributed by atoms with van der Waals surface area (Å²) in [5.74, 6) is 0. The maximum absolute atomic E-state index is 11.8. The van der Waals surface area contributed by atoms with Gasteiger partial charge in [0.25, 0.3) is 0 Å². The van der Waals surface area contributed by atoms with Gasteiger partial charge in [-0.3, -0.25) is 0 Å². The average Bonchev–Trinajstić information content (AvgIpc) is 2.15. The van der Waals surface area contributed by atoms with Gasteiger partial charge in [0, 0.05) is 6.54 Å². The van der Waals surface area contributed by atoms with Crippen molar-refractivity contribution in [2.24, 2.45) is 5.73 Å². The fourth-order valence-electron chi connectivity index (χ4n) is 1.66. The summed E-state index contributed by atoms with van der Waals surface area (Å²) < 4.78 is 5.24. The van der Waals surface area contributed by atoms with Gasteiger partial charge in [0.15, 0.2) is 0 Å². The highest BCUT2D eigenvalue weighted by Crippen LogP contribution is 2.20. The summed E-state index contributed by atoms with van der Waals surface area (Å²) in [6.07, 6.45) is 0.976. The second-order valence-corrected chi connectivity index (χ2v) is 5.27. The lowest BCUT2D eigenvalue weighted by atomic mass is 9.92. The van der Waals surface area contributed by atoms with Crippen LogP contribution in [0, 0.1) is 11.3 Å². The summed E-state index contributed by atoms with van der Waals surface area (Å²) in [6, 6.07) is 2.06. The summed E-state index contributed by atoms with van der Waals surface area (Å²) in [5.41, 5.74) is 4.40. The average molecular weight is 225 g/mol. The van der Waals surface area contributed by atoms with Crippen LogP contribution < -0.4 is 5.73 Å². The van der Waals surface area contributed by atoms with Crippen molar-refractivity contribution < 1.29 is 9.53 Å². The van der Waals surface area contributed by atoms with Gasteiger partial charge < -0.3 is 15.4 Å². The molecule has 1 heterocycles. The molecule has 1 aliphatic rings. The Kier molecular flexibility index (Phi) is 3.44. The molecule has 1 amide bonds. The number of carbonyl (C=O) groups is 1.